The van der Waals surface area contributed by atoms with E-state index in [9.17, 15) is 20.4 Å². The Hall–Kier alpha value is -4.09. The lowest BCUT2D eigenvalue weighted by molar-refractivity contribution is 0.112. The second-order valence-electron chi connectivity index (χ2n) is 5.43. The quantitative estimate of drug-likeness (QED) is 0.673. The van der Waals surface area contributed by atoms with Crippen molar-refractivity contribution in [3.63, 3.8) is 0 Å². The van der Waals surface area contributed by atoms with E-state index in [0.717, 1.165) is 0 Å². The molecule has 0 atom stereocenters. The van der Waals surface area contributed by atoms with Crippen LogP contribution in [0.15, 0.2) is 65.9 Å². The summed E-state index contributed by atoms with van der Waals surface area (Å²) in [5.74, 6) is 0.909. The number of nitrogens with zero attached hydrogens (tertiary/aromatic N) is 2. The molecule has 5 nitrogen and oxygen atoms in total. The van der Waals surface area contributed by atoms with Crippen molar-refractivity contribution in [2.45, 2.75) is 0 Å². The van der Waals surface area contributed by atoms with Gasteiger partial charge < -0.3 is 9.84 Å². The van der Waals surface area contributed by atoms with Crippen molar-refractivity contribution in [1.82, 2.24) is 0 Å². The summed E-state index contributed by atoms with van der Waals surface area (Å²) in [7, 11) is 0. The standard InChI is InChI=1S/C21H12N2O3/c22-11-16(12-23)19-10-17(26-21-4-2-1-3-18(19)21)7-5-14-6-8-20(25)15(9-14)13-24/h1-10,13,25H. The maximum Gasteiger partial charge on any atom is 0.153 e. The Labute approximate surface area is 150 Å². The van der Waals surface area contributed by atoms with Gasteiger partial charge >= 0.3 is 0 Å². The molecule has 124 valence electrons. The fraction of sp³-hybridized carbons (Fsp3) is 0. The van der Waals surface area contributed by atoms with Crippen molar-refractivity contribution >= 4 is 17.9 Å². The number of benzene rings is 2. The molecule has 1 N–H and O–H groups in total. The van der Waals surface area contributed by atoms with Crippen LogP contribution >= 0.6 is 0 Å². The summed E-state index contributed by atoms with van der Waals surface area (Å²) >= 11 is 0. The summed E-state index contributed by atoms with van der Waals surface area (Å²) in [5.41, 5.74) is 2.05. The third kappa shape index (κ3) is 3.24. The van der Waals surface area contributed by atoms with Crippen LogP contribution < -0.4 is 4.74 Å². The lowest BCUT2D eigenvalue weighted by Crippen LogP contribution is -2.03. The zero-order valence-corrected chi connectivity index (χ0v) is 13.5. The Bertz CT molecular complexity index is 1050. The van der Waals surface area contributed by atoms with Crippen LogP contribution in [0.3, 0.4) is 0 Å². The molecule has 1 aliphatic rings. The smallest absolute Gasteiger partial charge is 0.153 e. The number of allylic oxidation sites excluding steroid dienone is 4. The van der Waals surface area contributed by atoms with Crippen molar-refractivity contribution in [1.29, 1.82) is 10.5 Å². The highest BCUT2D eigenvalue weighted by Gasteiger charge is 2.18. The molecular weight excluding hydrogens is 328 g/mol. The van der Waals surface area contributed by atoms with Gasteiger partial charge in [-0.3, -0.25) is 4.79 Å². The minimum absolute atomic E-state index is 0.000440. The number of phenolic OH excluding ortho intramolecular Hbond substituents is 1. The van der Waals surface area contributed by atoms with Crippen molar-refractivity contribution in [2.75, 3.05) is 0 Å². The lowest BCUT2D eigenvalue weighted by atomic mass is 9.97. The molecule has 0 saturated carbocycles. The fourth-order valence-electron chi connectivity index (χ4n) is 2.54. The van der Waals surface area contributed by atoms with Crippen molar-refractivity contribution in [3.8, 4) is 23.6 Å². The molecule has 0 radical (unpaired) electrons. The number of carbonyl (C=O) groups excluding carboxylic acids is 1. The molecule has 2 aromatic carbocycles. The first kappa shape index (κ1) is 16.8. The predicted molar refractivity (Wildman–Crippen MR) is 95.8 cm³/mol. The molecule has 0 spiro atoms. The number of rotatable bonds is 3. The Balaban J connectivity index is 2.02. The van der Waals surface area contributed by atoms with E-state index in [0.29, 0.717) is 34.5 Å². The number of aromatic hydroxyl groups is 1. The van der Waals surface area contributed by atoms with Gasteiger partial charge in [0.2, 0.25) is 0 Å². The van der Waals surface area contributed by atoms with E-state index < -0.39 is 0 Å². The van der Waals surface area contributed by atoms with E-state index in [4.69, 9.17) is 4.74 Å². The molecule has 1 heterocycles. The minimum Gasteiger partial charge on any atom is -0.507 e. The molecule has 26 heavy (non-hydrogen) atoms. The molecule has 0 aromatic heterocycles. The monoisotopic (exact) mass is 340 g/mol. The van der Waals surface area contributed by atoms with Gasteiger partial charge in [-0.2, -0.15) is 10.5 Å². The maximum atomic E-state index is 10.9. The van der Waals surface area contributed by atoms with Crippen molar-refractivity contribution in [3.05, 3.63) is 82.6 Å². The number of para-hydroxylation sites is 1. The lowest BCUT2D eigenvalue weighted by Gasteiger charge is -2.18. The third-order valence-corrected chi connectivity index (χ3v) is 3.80. The maximum absolute atomic E-state index is 10.9. The van der Waals surface area contributed by atoms with Gasteiger partial charge in [0.25, 0.3) is 0 Å². The highest BCUT2D eigenvalue weighted by Crippen LogP contribution is 2.35. The van der Waals surface area contributed by atoms with Gasteiger partial charge in [-0.25, -0.2) is 0 Å². The van der Waals surface area contributed by atoms with Crippen LogP contribution in [0, 0.1) is 22.7 Å². The summed E-state index contributed by atoms with van der Waals surface area (Å²) in [5, 5.41) is 28.0. The van der Waals surface area contributed by atoms with Gasteiger partial charge in [0.15, 0.2) is 6.29 Å². The number of carbonyl (C=O) groups is 1. The molecule has 3 rings (SSSR count). The fourth-order valence-corrected chi connectivity index (χ4v) is 2.54. The summed E-state index contributed by atoms with van der Waals surface area (Å²) in [6, 6.07) is 15.6. The topological polar surface area (TPSA) is 94.1 Å². The Morgan fingerprint density at radius 2 is 1.85 bits per heavy atom. The van der Waals surface area contributed by atoms with E-state index in [1.54, 1.807) is 54.6 Å². The van der Waals surface area contributed by atoms with Crippen LogP contribution in [0.5, 0.6) is 11.5 Å². The van der Waals surface area contributed by atoms with E-state index in [1.165, 1.54) is 6.07 Å². The largest absolute Gasteiger partial charge is 0.507 e. The molecule has 0 fully saturated rings. The number of fused-ring (bicyclic) bond motifs is 1. The first-order valence-corrected chi connectivity index (χ1v) is 7.66. The number of hydrogen-bond acceptors (Lipinski definition) is 5. The van der Waals surface area contributed by atoms with Crippen LogP contribution in [-0.2, 0) is 0 Å². The minimum atomic E-state index is -0.0860. The normalized spacial score (nSPS) is 12.4. The number of phenols is 1. The van der Waals surface area contributed by atoms with E-state index >= 15 is 0 Å². The van der Waals surface area contributed by atoms with Crippen LogP contribution in [0.1, 0.15) is 21.5 Å². The van der Waals surface area contributed by atoms with Crippen LogP contribution in [0.25, 0.3) is 11.6 Å². The highest BCUT2D eigenvalue weighted by molar-refractivity contribution is 5.87. The molecule has 0 saturated heterocycles. The molecule has 0 bridgehead atoms. The van der Waals surface area contributed by atoms with Crippen LogP contribution in [0.2, 0.25) is 0 Å². The molecule has 0 amide bonds. The van der Waals surface area contributed by atoms with Gasteiger partial charge in [0, 0.05) is 11.1 Å². The summed E-state index contributed by atoms with van der Waals surface area (Å²) in [6.45, 7) is 0. The zero-order valence-electron chi connectivity index (χ0n) is 13.5. The van der Waals surface area contributed by atoms with Crippen molar-refractivity contribution in [2.24, 2.45) is 0 Å². The van der Waals surface area contributed by atoms with Gasteiger partial charge in [0.05, 0.1) is 5.56 Å². The summed E-state index contributed by atoms with van der Waals surface area (Å²) in [4.78, 5) is 10.9. The average molecular weight is 340 g/mol. The SMILES string of the molecule is N#CC(C#N)=C1C=C(C=Cc2ccc(O)c(C=O)c2)Oc2ccccc21. The number of nitriles is 2. The number of ether oxygens (including phenoxy) is 1. The van der Waals surface area contributed by atoms with Crippen LogP contribution in [-0.4, -0.2) is 11.4 Å². The second kappa shape index (κ2) is 7.21. The van der Waals surface area contributed by atoms with Crippen LogP contribution in [0.4, 0.5) is 0 Å². The third-order valence-electron chi connectivity index (χ3n) is 3.80. The average Bonchev–Trinajstić information content (AvgIpc) is 2.68. The van der Waals surface area contributed by atoms with E-state index in [2.05, 4.69) is 0 Å². The van der Waals surface area contributed by atoms with Gasteiger partial charge in [-0.05, 0) is 35.9 Å². The highest BCUT2D eigenvalue weighted by atomic mass is 16.5. The zero-order chi connectivity index (χ0) is 18.5. The van der Waals surface area contributed by atoms with Gasteiger partial charge in [0.1, 0.15) is 35.0 Å². The summed E-state index contributed by atoms with van der Waals surface area (Å²) < 4.78 is 5.81. The number of hydrogen-bond donors (Lipinski definition) is 1. The van der Waals surface area contributed by atoms with E-state index in [-0.39, 0.29) is 16.9 Å². The molecule has 0 aliphatic carbocycles. The first-order valence-electron chi connectivity index (χ1n) is 7.66. The van der Waals surface area contributed by atoms with Gasteiger partial charge in [-0.15, -0.1) is 0 Å². The number of aldehydes is 1. The molecular formula is C21H12N2O3. The first-order chi connectivity index (χ1) is 12.7. The van der Waals surface area contributed by atoms with E-state index in [1.807, 2.05) is 12.1 Å². The second-order valence-corrected chi connectivity index (χ2v) is 5.43. The Morgan fingerprint density at radius 3 is 2.58 bits per heavy atom. The molecule has 1 aliphatic heterocycles. The van der Waals surface area contributed by atoms with Gasteiger partial charge in [-0.1, -0.05) is 30.3 Å². The predicted octanol–water partition coefficient (Wildman–Crippen LogP) is 4.00. The molecule has 0 unspecified atom stereocenters. The molecule has 5 heteroatoms. The summed E-state index contributed by atoms with van der Waals surface area (Å²) in [6.07, 6.45) is 5.58. The van der Waals surface area contributed by atoms with Crippen molar-refractivity contribution < 1.29 is 14.6 Å². The Kier molecular flexibility index (Phi) is 4.65. The Morgan fingerprint density at radius 1 is 1.08 bits per heavy atom. The molecule has 2 aromatic rings.